The van der Waals surface area contributed by atoms with E-state index in [0.29, 0.717) is 33.4 Å². The molecule has 1 aromatic carbocycles. The number of carbonyl (C=O) groups is 2. The molecule has 0 saturated heterocycles. The Balaban J connectivity index is 1.84. The first-order valence-electron chi connectivity index (χ1n) is 7.23. The third-order valence-corrected chi connectivity index (χ3v) is 5.28. The Morgan fingerprint density at radius 2 is 2.17 bits per heavy atom. The Bertz CT molecular complexity index is 767. The second kappa shape index (κ2) is 6.25. The van der Waals surface area contributed by atoms with Gasteiger partial charge in [0, 0.05) is 28.8 Å². The van der Waals surface area contributed by atoms with Gasteiger partial charge in [-0.1, -0.05) is 6.07 Å². The number of carboxylic acids is 1. The van der Waals surface area contributed by atoms with E-state index in [9.17, 15) is 14.0 Å². The first kappa shape index (κ1) is 15.9. The van der Waals surface area contributed by atoms with E-state index in [1.807, 2.05) is 0 Å². The van der Waals surface area contributed by atoms with Crippen LogP contribution in [0.1, 0.15) is 28.1 Å². The molecule has 0 bridgehead atoms. The molecule has 5 nitrogen and oxygen atoms in total. The van der Waals surface area contributed by atoms with Gasteiger partial charge in [0.15, 0.2) is 0 Å². The normalized spacial score (nSPS) is 20.3. The molecule has 0 spiro atoms. The van der Waals surface area contributed by atoms with E-state index < -0.39 is 11.9 Å². The molecular weight excluding hydrogens is 321 g/mol. The molecule has 3 rings (SSSR count). The fourth-order valence-corrected chi connectivity index (χ4v) is 3.95. The average Bonchev–Trinajstić information content (AvgIpc) is 2.82. The number of fused-ring (bicyclic) bond motifs is 1. The van der Waals surface area contributed by atoms with Gasteiger partial charge in [0.25, 0.3) is 5.91 Å². The van der Waals surface area contributed by atoms with Gasteiger partial charge in [0.05, 0.1) is 17.4 Å². The molecule has 1 fully saturated rings. The molecule has 23 heavy (non-hydrogen) atoms. The Kier molecular flexibility index (Phi) is 4.32. The molecule has 122 valence electrons. The summed E-state index contributed by atoms with van der Waals surface area (Å²) in [5.41, 5.74) is 0.539. The first-order valence-corrected chi connectivity index (χ1v) is 8.05. The SMILES string of the molecule is COCc1c(C(=O)NC2CC(C(=O)O)C2)sc2cccc(F)c12. The predicted molar refractivity (Wildman–Crippen MR) is 84.1 cm³/mol. The summed E-state index contributed by atoms with van der Waals surface area (Å²) in [5.74, 6) is -1.90. The third-order valence-electron chi connectivity index (χ3n) is 4.08. The van der Waals surface area contributed by atoms with Gasteiger partial charge in [-0.3, -0.25) is 9.59 Å². The number of ether oxygens (including phenoxy) is 1. The number of benzene rings is 1. The highest BCUT2D eigenvalue weighted by Crippen LogP contribution is 2.34. The second-order valence-corrected chi connectivity index (χ2v) is 6.68. The standard InChI is InChI=1S/C16H16FNO4S/c1-22-7-10-13-11(17)3-2-4-12(13)23-14(10)15(19)18-9-5-8(6-9)16(20)21/h2-4,8-9H,5-7H2,1H3,(H,18,19)(H,20,21). The van der Waals surface area contributed by atoms with Crippen molar-refractivity contribution in [3.63, 3.8) is 0 Å². The minimum Gasteiger partial charge on any atom is -0.481 e. The van der Waals surface area contributed by atoms with Crippen LogP contribution in [0.4, 0.5) is 4.39 Å². The lowest BCUT2D eigenvalue weighted by Crippen LogP contribution is -2.46. The summed E-state index contributed by atoms with van der Waals surface area (Å²) >= 11 is 1.22. The molecule has 0 aliphatic heterocycles. The number of aliphatic carboxylic acids is 1. The number of hydrogen-bond donors (Lipinski definition) is 2. The largest absolute Gasteiger partial charge is 0.481 e. The number of rotatable bonds is 5. The fourth-order valence-electron chi connectivity index (χ4n) is 2.82. The van der Waals surface area contributed by atoms with E-state index in [-0.39, 0.29) is 24.4 Å². The van der Waals surface area contributed by atoms with Crippen LogP contribution in [0, 0.1) is 11.7 Å². The molecule has 1 aliphatic carbocycles. The first-order chi connectivity index (χ1) is 11.0. The number of nitrogens with one attached hydrogen (secondary N) is 1. The number of hydrogen-bond acceptors (Lipinski definition) is 4. The van der Waals surface area contributed by atoms with Crippen LogP contribution in [-0.4, -0.2) is 30.1 Å². The topological polar surface area (TPSA) is 75.6 Å². The van der Waals surface area contributed by atoms with Crippen LogP contribution in [0.5, 0.6) is 0 Å². The van der Waals surface area contributed by atoms with Crippen molar-refractivity contribution in [2.24, 2.45) is 5.92 Å². The Hall–Kier alpha value is -1.99. The van der Waals surface area contributed by atoms with E-state index in [2.05, 4.69) is 5.32 Å². The lowest BCUT2D eigenvalue weighted by Gasteiger charge is -2.32. The van der Waals surface area contributed by atoms with Gasteiger partial charge in [0.1, 0.15) is 5.82 Å². The average molecular weight is 337 g/mol. The molecule has 1 aliphatic rings. The van der Waals surface area contributed by atoms with E-state index in [0.717, 1.165) is 0 Å². The van der Waals surface area contributed by atoms with Crippen molar-refractivity contribution in [1.29, 1.82) is 0 Å². The zero-order chi connectivity index (χ0) is 16.6. The molecule has 1 aromatic heterocycles. The summed E-state index contributed by atoms with van der Waals surface area (Å²) in [6.45, 7) is 0.145. The zero-order valence-corrected chi connectivity index (χ0v) is 13.3. The monoisotopic (exact) mass is 337 g/mol. The number of carbonyl (C=O) groups excluding carboxylic acids is 1. The molecule has 0 atom stereocenters. The Morgan fingerprint density at radius 1 is 1.43 bits per heavy atom. The quantitative estimate of drug-likeness (QED) is 0.880. The second-order valence-electron chi connectivity index (χ2n) is 5.63. The van der Waals surface area contributed by atoms with Gasteiger partial charge in [-0.2, -0.15) is 0 Å². The molecule has 1 saturated carbocycles. The number of methoxy groups -OCH3 is 1. The van der Waals surface area contributed by atoms with E-state index >= 15 is 0 Å². The minimum absolute atomic E-state index is 0.144. The summed E-state index contributed by atoms with van der Waals surface area (Å²) in [4.78, 5) is 23.7. The fraction of sp³-hybridized carbons (Fsp3) is 0.375. The summed E-state index contributed by atoms with van der Waals surface area (Å²) in [7, 11) is 1.50. The van der Waals surface area contributed by atoms with Gasteiger partial charge >= 0.3 is 5.97 Å². The van der Waals surface area contributed by atoms with Crippen LogP contribution < -0.4 is 5.32 Å². The maximum atomic E-state index is 14.1. The number of halogens is 1. The van der Waals surface area contributed by atoms with E-state index in [4.69, 9.17) is 9.84 Å². The summed E-state index contributed by atoms with van der Waals surface area (Å²) in [6, 6.07) is 4.59. The molecule has 2 aromatic rings. The van der Waals surface area contributed by atoms with E-state index in [1.165, 1.54) is 24.5 Å². The molecule has 1 amide bonds. The van der Waals surface area contributed by atoms with Gasteiger partial charge in [0.2, 0.25) is 0 Å². The van der Waals surface area contributed by atoms with Gasteiger partial charge < -0.3 is 15.2 Å². The maximum Gasteiger partial charge on any atom is 0.306 e. The van der Waals surface area contributed by atoms with Crippen molar-refractivity contribution in [2.75, 3.05) is 7.11 Å². The summed E-state index contributed by atoms with van der Waals surface area (Å²) in [6.07, 6.45) is 0.861. The minimum atomic E-state index is -0.834. The molecular formula is C16H16FNO4S. The number of thiophene rings is 1. The maximum absolute atomic E-state index is 14.1. The van der Waals surface area contributed by atoms with Gasteiger partial charge in [-0.05, 0) is 25.0 Å². The van der Waals surface area contributed by atoms with Crippen LogP contribution in [0.3, 0.4) is 0 Å². The van der Waals surface area contributed by atoms with Crippen molar-refractivity contribution in [2.45, 2.75) is 25.5 Å². The lowest BCUT2D eigenvalue weighted by molar-refractivity contribution is -0.145. The summed E-state index contributed by atoms with van der Waals surface area (Å²) in [5, 5.41) is 12.1. The van der Waals surface area contributed by atoms with Crippen molar-refractivity contribution in [3.05, 3.63) is 34.5 Å². The van der Waals surface area contributed by atoms with Crippen LogP contribution in [0.25, 0.3) is 10.1 Å². The van der Waals surface area contributed by atoms with Crippen LogP contribution >= 0.6 is 11.3 Å². The third kappa shape index (κ3) is 2.94. The van der Waals surface area contributed by atoms with Crippen molar-refractivity contribution >= 4 is 33.3 Å². The van der Waals surface area contributed by atoms with Crippen molar-refractivity contribution < 1.29 is 23.8 Å². The molecule has 7 heteroatoms. The molecule has 1 heterocycles. The zero-order valence-electron chi connectivity index (χ0n) is 12.5. The number of amides is 1. The Labute approximate surface area is 136 Å². The lowest BCUT2D eigenvalue weighted by atomic mass is 9.80. The van der Waals surface area contributed by atoms with Crippen LogP contribution in [-0.2, 0) is 16.1 Å². The highest BCUT2D eigenvalue weighted by molar-refractivity contribution is 7.21. The highest BCUT2D eigenvalue weighted by Gasteiger charge is 2.36. The van der Waals surface area contributed by atoms with Gasteiger partial charge in [-0.25, -0.2) is 4.39 Å². The highest BCUT2D eigenvalue weighted by atomic mass is 32.1. The van der Waals surface area contributed by atoms with Crippen molar-refractivity contribution in [1.82, 2.24) is 5.32 Å². The van der Waals surface area contributed by atoms with Crippen molar-refractivity contribution in [3.8, 4) is 0 Å². The molecule has 0 unspecified atom stereocenters. The van der Waals surface area contributed by atoms with E-state index in [1.54, 1.807) is 12.1 Å². The molecule has 0 radical (unpaired) electrons. The summed E-state index contributed by atoms with van der Waals surface area (Å²) < 4.78 is 19.9. The predicted octanol–water partition coefficient (Wildman–Crippen LogP) is 2.78. The van der Waals surface area contributed by atoms with Gasteiger partial charge in [-0.15, -0.1) is 11.3 Å². The molecule has 2 N–H and O–H groups in total. The van der Waals surface area contributed by atoms with Crippen LogP contribution in [0.2, 0.25) is 0 Å². The number of carboxylic acid groups (broad SMARTS) is 1. The smallest absolute Gasteiger partial charge is 0.306 e. The van der Waals surface area contributed by atoms with Crippen LogP contribution in [0.15, 0.2) is 18.2 Å². The Morgan fingerprint density at radius 3 is 2.83 bits per heavy atom.